The lowest BCUT2D eigenvalue weighted by Gasteiger charge is -2.16. The van der Waals surface area contributed by atoms with Crippen molar-refractivity contribution in [1.29, 1.82) is 0 Å². The molecular weight excluding hydrogens is 438 g/mol. The van der Waals surface area contributed by atoms with Gasteiger partial charge in [0.2, 0.25) is 15.9 Å². The number of sulfone groups is 1. The fraction of sp³-hybridized carbons (Fsp3) is 0.238. The van der Waals surface area contributed by atoms with E-state index >= 15 is 0 Å². The highest BCUT2D eigenvalue weighted by Gasteiger charge is 2.17. The molecule has 2 aromatic heterocycles. The molecule has 0 saturated carbocycles. The number of hydrogen-bond acceptors (Lipinski definition) is 7. The van der Waals surface area contributed by atoms with Crippen LogP contribution in [0.1, 0.15) is 16.7 Å². The lowest BCUT2D eigenvalue weighted by Crippen LogP contribution is -2.11. The van der Waals surface area contributed by atoms with Crippen molar-refractivity contribution in [3.8, 4) is 22.9 Å². The van der Waals surface area contributed by atoms with Crippen LogP contribution in [-0.2, 0) is 19.9 Å². The summed E-state index contributed by atoms with van der Waals surface area (Å²) < 4.78 is 55.9. The SMILES string of the molecule is Cc1cc(C)c(Oc2nc(-c3cncc(S(C)(=O)=O)c3)ccc2NS(C)(=O)=O)c(C)c1. The third-order valence-electron chi connectivity index (χ3n) is 4.40. The fourth-order valence-electron chi connectivity index (χ4n) is 3.14. The maximum Gasteiger partial charge on any atom is 0.244 e. The van der Waals surface area contributed by atoms with Gasteiger partial charge in [0.15, 0.2) is 9.84 Å². The van der Waals surface area contributed by atoms with E-state index in [9.17, 15) is 16.8 Å². The van der Waals surface area contributed by atoms with Crippen LogP contribution in [0.5, 0.6) is 11.6 Å². The topological polar surface area (TPSA) is 115 Å². The van der Waals surface area contributed by atoms with Crippen LogP contribution in [0.4, 0.5) is 5.69 Å². The van der Waals surface area contributed by atoms with Gasteiger partial charge in [-0.2, -0.15) is 0 Å². The van der Waals surface area contributed by atoms with Gasteiger partial charge < -0.3 is 4.74 Å². The fourth-order valence-corrected chi connectivity index (χ4v) is 4.29. The summed E-state index contributed by atoms with van der Waals surface area (Å²) in [5.41, 5.74) is 3.82. The van der Waals surface area contributed by atoms with Crippen molar-refractivity contribution in [2.24, 2.45) is 0 Å². The van der Waals surface area contributed by atoms with E-state index < -0.39 is 19.9 Å². The van der Waals surface area contributed by atoms with Crippen LogP contribution in [0.25, 0.3) is 11.3 Å². The average molecular weight is 462 g/mol. The second kappa shape index (κ2) is 8.27. The largest absolute Gasteiger partial charge is 0.436 e. The second-order valence-corrected chi connectivity index (χ2v) is 11.2. The summed E-state index contributed by atoms with van der Waals surface area (Å²) in [5.74, 6) is 0.609. The molecule has 8 nitrogen and oxygen atoms in total. The average Bonchev–Trinajstić information content (AvgIpc) is 2.64. The lowest BCUT2D eigenvalue weighted by molar-refractivity contribution is 0.459. The molecule has 0 unspecified atom stereocenters. The van der Waals surface area contributed by atoms with Crippen molar-refractivity contribution in [3.63, 3.8) is 0 Å². The smallest absolute Gasteiger partial charge is 0.244 e. The van der Waals surface area contributed by atoms with E-state index in [1.165, 1.54) is 24.5 Å². The van der Waals surface area contributed by atoms with Crippen molar-refractivity contribution >= 4 is 25.5 Å². The molecule has 10 heteroatoms. The van der Waals surface area contributed by atoms with E-state index in [2.05, 4.69) is 14.7 Å². The van der Waals surface area contributed by atoms with Gasteiger partial charge in [0.25, 0.3) is 0 Å². The van der Waals surface area contributed by atoms with Gasteiger partial charge in [-0.15, -0.1) is 0 Å². The Morgan fingerprint density at radius 1 is 0.903 bits per heavy atom. The highest BCUT2D eigenvalue weighted by Crippen LogP contribution is 2.35. The first-order chi connectivity index (χ1) is 14.3. The molecule has 31 heavy (non-hydrogen) atoms. The van der Waals surface area contributed by atoms with Crippen LogP contribution < -0.4 is 9.46 Å². The van der Waals surface area contributed by atoms with E-state index in [0.717, 1.165) is 29.2 Å². The Kier molecular flexibility index (Phi) is 6.06. The molecule has 0 aliphatic heterocycles. The van der Waals surface area contributed by atoms with Gasteiger partial charge in [-0.1, -0.05) is 17.7 Å². The second-order valence-electron chi connectivity index (χ2n) is 7.43. The number of aromatic nitrogens is 2. The van der Waals surface area contributed by atoms with E-state index in [0.29, 0.717) is 17.0 Å². The monoisotopic (exact) mass is 461 g/mol. The minimum atomic E-state index is -3.58. The molecule has 0 aliphatic rings. The third kappa shape index (κ3) is 5.59. The summed E-state index contributed by atoms with van der Waals surface area (Å²) >= 11 is 0. The number of ether oxygens (including phenoxy) is 1. The first kappa shape index (κ1) is 22.7. The number of nitrogens with one attached hydrogen (secondary N) is 1. The third-order valence-corrected chi connectivity index (χ3v) is 6.07. The molecule has 0 aliphatic carbocycles. The summed E-state index contributed by atoms with van der Waals surface area (Å²) in [5, 5.41) is 0. The Labute approximate surface area is 182 Å². The van der Waals surface area contributed by atoms with Crippen LogP contribution in [0.2, 0.25) is 0 Å². The number of pyridine rings is 2. The van der Waals surface area contributed by atoms with Gasteiger partial charge in [-0.05, 0) is 50.1 Å². The van der Waals surface area contributed by atoms with Gasteiger partial charge in [0, 0.05) is 24.2 Å². The first-order valence-electron chi connectivity index (χ1n) is 9.23. The number of rotatable bonds is 6. The quantitative estimate of drug-likeness (QED) is 0.596. The minimum absolute atomic E-state index is 0.0442. The predicted molar refractivity (Wildman–Crippen MR) is 120 cm³/mol. The number of sulfonamides is 1. The maximum atomic E-state index is 11.9. The number of benzene rings is 1. The molecule has 0 spiro atoms. The Morgan fingerprint density at radius 3 is 2.13 bits per heavy atom. The van der Waals surface area contributed by atoms with Gasteiger partial charge in [0.05, 0.1) is 16.8 Å². The zero-order valence-corrected chi connectivity index (χ0v) is 19.4. The van der Waals surface area contributed by atoms with Crippen molar-refractivity contribution in [1.82, 2.24) is 9.97 Å². The Morgan fingerprint density at radius 2 is 1.55 bits per heavy atom. The van der Waals surface area contributed by atoms with Gasteiger partial charge in [-0.3, -0.25) is 9.71 Å². The molecule has 1 N–H and O–H groups in total. The highest BCUT2D eigenvalue weighted by atomic mass is 32.2. The molecular formula is C21H23N3O5S2. The van der Waals surface area contributed by atoms with E-state index in [4.69, 9.17) is 4.74 Å². The predicted octanol–water partition coefficient (Wildman–Crippen LogP) is 3.64. The molecule has 0 radical (unpaired) electrons. The molecule has 3 aromatic rings. The normalized spacial score (nSPS) is 11.9. The van der Waals surface area contributed by atoms with Crippen LogP contribution in [0, 0.1) is 20.8 Å². The summed E-state index contributed by atoms with van der Waals surface area (Å²) in [4.78, 5) is 8.51. The Balaban J connectivity index is 2.14. The summed E-state index contributed by atoms with van der Waals surface area (Å²) in [6.07, 6.45) is 4.87. The maximum absolute atomic E-state index is 11.9. The van der Waals surface area contributed by atoms with Crippen LogP contribution >= 0.6 is 0 Å². The Bertz CT molecular complexity index is 1340. The minimum Gasteiger partial charge on any atom is -0.436 e. The summed E-state index contributed by atoms with van der Waals surface area (Å²) in [6, 6.07) is 8.45. The zero-order chi connectivity index (χ0) is 23.0. The molecule has 0 bridgehead atoms. The van der Waals surface area contributed by atoms with Crippen molar-refractivity contribution in [2.45, 2.75) is 25.7 Å². The molecule has 0 atom stereocenters. The summed E-state index contributed by atoms with van der Waals surface area (Å²) in [7, 11) is -7.04. The van der Waals surface area contributed by atoms with Crippen molar-refractivity contribution < 1.29 is 21.6 Å². The van der Waals surface area contributed by atoms with Crippen LogP contribution in [0.15, 0.2) is 47.6 Å². The standard InChI is InChI=1S/C21H23N3O5S2/c1-13-8-14(2)20(15(3)9-13)29-21-19(24-31(5,27)28)7-6-18(23-21)16-10-17(12-22-11-16)30(4,25)26/h6-12,24H,1-5H3. The number of anilines is 1. The lowest BCUT2D eigenvalue weighted by atomic mass is 10.1. The molecule has 1 aromatic carbocycles. The van der Waals surface area contributed by atoms with Gasteiger partial charge in [-0.25, -0.2) is 21.8 Å². The van der Waals surface area contributed by atoms with E-state index in [-0.39, 0.29) is 16.5 Å². The van der Waals surface area contributed by atoms with Crippen LogP contribution in [-0.4, -0.2) is 39.3 Å². The number of hydrogen-bond donors (Lipinski definition) is 1. The molecule has 0 amide bonds. The zero-order valence-electron chi connectivity index (χ0n) is 17.8. The number of nitrogens with zero attached hydrogens (tertiary/aromatic N) is 2. The molecule has 164 valence electrons. The van der Waals surface area contributed by atoms with Gasteiger partial charge in [0.1, 0.15) is 11.4 Å². The molecule has 0 fully saturated rings. The van der Waals surface area contributed by atoms with Crippen molar-refractivity contribution in [3.05, 3.63) is 59.4 Å². The van der Waals surface area contributed by atoms with Crippen molar-refractivity contribution in [2.75, 3.05) is 17.2 Å². The molecule has 3 rings (SSSR count). The summed E-state index contributed by atoms with van der Waals surface area (Å²) in [6.45, 7) is 5.76. The highest BCUT2D eigenvalue weighted by molar-refractivity contribution is 7.92. The number of aryl methyl sites for hydroxylation is 3. The van der Waals surface area contributed by atoms with Gasteiger partial charge >= 0.3 is 0 Å². The molecule has 0 saturated heterocycles. The Hall–Kier alpha value is -2.98. The van der Waals surface area contributed by atoms with E-state index in [1.807, 2.05) is 32.9 Å². The van der Waals surface area contributed by atoms with E-state index in [1.54, 1.807) is 6.07 Å². The molecule has 2 heterocycles. The van der Waals surface area contributed by atoms with Crippen LogP contribution in [0.3, 0.4) is 0 Å². The first-order valence-corrected chi connectivity index (χ1v) is 13.0.